The van der Waals surface area contributed by atoms with E-state index in [1.165, 1.54) is 11.3 Å². The largest absolute Gasteiger partial charge is 0.372 e. The van der Waals surface area contributed by atoms with E-state index in [0.717, 1.165) is 22.2 Å². The van der Waals surface area contributed by atoms with Gasteiger partial charge < -0.3 is 9.64 Å². The molecule has 0 amide bonds. The van der Waals surface area contributed by atoms with E-state index in [1.54, 1.807) is 0 Å². The van der Waals surface area contributed by atoms with E-state index in [2.05, 4.69) is 28.9 Å². The van der Waals surface area contributed by atoms with Gasteiger partial charge in [0.1, 0.15) is 0 Å². The van der Waals surface area contributed by atoms with Crippen molar-refractivity contribution in [2.75, 3.05) is 18.0 Å². The second-order valence-electron chi connectivity index (χ2n) is 3.56. The summed E-state index contributed by atoms with van der Waals surface area (Å²) in [5, 5.41) is 7.93. The summed E-state index contributed by atoms with van der Waals surface area (Å²) in [5.41, 5.74) is 0. The lowest BCUT2D eigenvalue weighted by atomic mass is 10.2. The maximum absolute atomic E-state index is 5.64. The summed E-state index contributed by atoms with van der Waals surface area (Å²) in [7, 11) is 0. The van der Waals surface area contributed by atoms with Crippen LogP contribution in [0.5, 0.6) is 0 Å². The molecule has 2 rings (SSSR count). The fourth-order valence-electron chi connectivity index (χ4n) is 1.69. The van der Waals surface area contributed by atoms with Gasteiger partial charge in [0, 0.05) is 13.1 Å². The van der Waals surface area contributed by atoms with Crippen LogP contribution >= 0.6 is 23.6 Å². The lowest BCUT2D eigenvalue weighted by Crippen LogP contribution is -2.45. The summed E-state index contributed by atoms with van der Waals surface area (Å²) in [6.07, 6.45) is 0.521. The van der Waals surface area contributed by atoms with Gasteiger partial charge in [0.15, 0.2) is 3.95 Å². The molecule has 1 fully saturated rings. The molecule has 2 atom stereocenters. The zero-order valence-electron chi connectivity index (χ0n) is 8.19. The third kappa shape index (κ3) is 2.13. The minimum atomic E-state index is 0.260. The molecule has 1 N–H and O–H groups in total. The SMILES string of the molecule is CC1CN(c2n[nH]c(=S)s2)CC(C)O1. The van der Waals surface area contributed by atoms with Crippen molar-refractivity contribution in [2.24, 2.45) is 0 Å². The zero-order valence-corrected chi connectivity index (χ0v) is 9.82. The summed E-state index contributed by atoms with van der Waals surface area (Å²) in [6, 6.07) is 0. The van der Waals surface area contributed by atoms with Crippen molar-refractivity contribution in [1.82, 2.24) is 10.2 Å². The van der Waals surface area contributed by atoms with E-state index in [4.69, 9.17) is 17.0 Å². The number of rotatable bonds is 1. The molecular weight excluding hydrogens is 218 g/mol. The molecule has 2 unspecified atom stereocenters. The standard InChI is InChI=1S/C8H13N3OS2/c1-5-3-11(4-6(2)12-5)7-9-10-8(13)14-7/h5-6H,3-4H2,1-2H3,(H,10,13). The van der Waals surface area contributed by atoms with E-state index >= 15 is 0 Å². The fraction of sp³-hybridized carbons (Fsp3) is 0.750. The van der Waals surface area contributed by atoms with Gasteiger partial charge >= 0.3 is 0 Å². The molecule has 1 aromatic rings. The van der Waals surface area contributed by atoms with Gasteiger partial charge in [-0.1, -0.05) is 11.3 Å². The van der Waals surface area contributed by atoms with Gasteiger partial charge in [0.25, 0.3) is 0 Å². The number of aromatic amines is 1. The van der Waals surface area contributed by atoms with Crippen LogP contribution in [0.25, 0.3) is 0 Å². The van der Waals surface area contributed by atoms with Crippen molar-refractivity contribution in [3.63, 3.8) is 0 Å². The molecule has 6 heteroatoms. The number of anilines is 1. The Morgan fingerprint density at radius 2 is 2.14 bits per heavy atom. The Balaban J connectivity index is 2.14. The Morgan fingerprint density at radius 3 is 2.64 bits per heavy atom. The van der Waals surface area contributed by atoms with Crippen molar-refractivity contribution < 1.29 is 4.74 Å². The van der Waals surface area contributed by atoms with E-state index in [1.807, 2.05) is 0 Å². The van der Waals surface area contributed by atoms with Gasteiger partial charge in [-0.05, 0) is 26.1 Å². The highest BCUT2D eigenvalue weighted by Gasteiger charge is 2.23. The smallest absolute Gasteiger partial charge is 0.207 e. The van der Waals surface area contributed by atoms with Crippen LogP contribution in [0.15, 0.2) is 0 Å². The average molecular weight is 231 g/mol. The van der Waals surface area contributed by atoms with Crippen molar-refractivity contribution in [1.29, 1.82) is 0 Å². The number of aromatic nitrogens is 2. The van der Waals surface area contributed by atoms with Gasteiger partial charge in [-0.25, -0.2) is 0 Å². The van der Waals surface area contributed by atoms with Crippen LogP contribution in [-0.4, -0.2) is 35.5 Å². The third-order valence-electron chi connectivity index (χ3n) is 2.12. The first-order valence-electron chi connectivity index (χ1n) is 4.61. The quantitative estimate of drug-likeness (QED) is 0.748. The topological polar surface area (TPSA) is 41.2 Å². The van der Waals surface area contributed by atoms with Crippen LogP contribution in [0.3, 0.4) is 0 Å². The monoisotopic (exact) mass is 231 g/mol. The number of nitrogens with one attached hydrogen (secondary N) is 1. The van der Waals surface area contributed by atoms with Crippen LogP contribution < -0.4 is 4.90 Å². The number of nitrogens with zero attached hydrogens (tertiary/aromatic N) is 2. The molecule has 0 bridgehead atoms. The van der Waals surface area contributed by atoms with Crippen LogP contribution in [-0.2, 0) is 4.74 Å². The molecule has 1 aromatic heterocycles. The highest BCUT2D eigenvalue weighted by molar-refractivity contribution is 7.73. The first kappa shape index (κ1) is 10.1. The summed E-state index contributed by atoms with van der Waals surface area (Å²) in [4.78, 5) is 2.22. The molecule has 14 heavy (non-hydrogen) atoms. The third-order valence-corrected chi connectivity index (χ3v) is 3.27. The molecule has 78 valence electrons. The molecule has 2 heterocycles. The zero-order chi connectivity index (χ0) is 10.1. The lowest BCUT2D eigenvalue weighted by molar-refractivity contribution is -0.00525. The van der Waals surface area contributed by atoms with Gasteiger partial charge in [0.05, 0.1) is 12.2 Å². The molecule has 1 saturated heterocycles. The highest BCUT2D eigenvalue weighted by atomic mass is 32.1. The Kier molecular flexibility index (Phi) is 2.85. The van der Waals surface area contributed by atoms with Crippen LogP contribution in [0.2, 0.25) is 0 Å². The van der Waals surface area contributed by atoms with Gasteiger partial charge in [-0.15, -0.1) is 5.10 Å². The summed E-state index contributed by atoms with van der Waals surface area (Å²) in [6.45, 7) is 5.93. The van der Waals surface area contributed by atoms with E-state index in [-0.39, 0.29) is 12.2 Å². The second-order valence-corrected chi connectivity index (χ2v) is 5.20. The Bertz CT molecular complexity index is 351. The minimum absolute atomic E-state index is 0.260. The van der Waals surface area contributed by atoms with Crippen molar-refractivity contribution >= 4 is 28.7 Å². The molecule has 1 aliphatic rings. The van der Waals surface area contributed by atoms with E-state index < -0.39 is 0 Å². The average Bonchev–Trinajstić information content (AvgIpc) is 2.50. The second kappa shape index (κ2) is 3.96. The number of ether oxygens (including phenoxy) is 1. The normalized spacial score (nSPS) is 28.0. The summed E-state index contributed by atoms with van der Waals surface area (Å²) < 4.78 is 6.37. The highest BCUT2D eigenvalue weighted by Crippen LogP contribution is 2.21. The maximum atomic E-state index is 5.64. The predicted octanol–water partition coefficient (Wildman–Crippen LogP) is 1.81. The molecule has 0 aliphatic carbocycles. The molecular formula is C8H13N3OS2. The van der Waals surface area contributed by atoms with Crippen LogP contribution in [0.1, 0.15) is 13.8 Å². The Hall–Kier alpha value is -0.460. The number of H-pyrrole nitrogens is 1. The molecule has 4 nitrogen and oxygen atoms in total. The van der Waals surface area contributed by atoms with Crippen molar-refractivity contribution in [3.05, 3.63) is 3.95 Å². The van der Waals surface area contributed by atoms with E-state index in [0.29, 0.717) is 0 Å². The fourth-order valence-corrected chi connectivity index (χ4v) is 2.59. The molecule has 0 radical (unpaired) electrons. The van der Waals surface area contributed by atoms with Crippen LogP contribution in [0, 0.1) is 3.95 Å². The Morgan fingerprint density at radius 1 is 1.50 bits per heavy atom. The molecule has 0 spiro atoms. The lowest BCUT2D eigenvalue weighted by Gasteiger charge is -2.34. The number of morpholine rings is 1. The first-order chi connectivity index (χ1) is 6.65. The maximum Gasteiger partial charge on any atom is 0.207 e. The van der Waals surface area contributed by atoms with Gasteiger partial charge in [0.2, 0.25) is 5.13 Å². The minimum Gasteiger partial charge on any atom is -0.372 e. The van der Waals surface area contributed by atoms with Gasteiger partial charge in [-0.3, -0.25) is 5.10 Å². The molecule has 1 aliphatic heterocycles. The first-order valence-corrected chi connectivity index (χ1v) is 5.83. The summed E-state index contributed by atoms with van der Waals surface area (Å²) >= 11 is 6.52. The number of hydrogen-bond acceptors (Lipinski definition) is 5. The van der Waals surface area contributed by atoms with Crippen LogP contribution in [0.4, 0.5) is 5.13 Å². The summed E-state index contributed by atoms with van der Waals surface area (Å²) in [5.74, 6) is 0. The predicted molar refractivity (Wildman–Crippen MR) is 59.5 cm³/mol. The number of hydrogen-bond donors (Lipinski definition) is 1. The molecule has 0 aromatic carbocycles. The Labute approximate surface area is 91.9 Å². The van der Waals surface area contributed by atoms with Gasteiger partial charge in [-0.2, -0.15) is 0 Å². The van der Waals surface area contributed by atoms with Crippen molar-refractivity contribution in [2.45, 2.75) is 26.1 Å². The van der Waals surface area contributed by atoms with E-state index in [9.17, 15) is 0 Å². The van der Waals surface area contributed by atoms with Crippen molar-refractivity contribution in [3.8, 4) is 0 Å². The molecule has 0 saturated carbocycles.